The van der Waals surface area contributed by atoms with Crippen molar-refractivity contribution in [2.24, 2.45) is 0 Å². The second-order valence-corrected chi connectivity index (χ2v) is 4.14. The molecule has 7 nitrogen and oxygen atoms in total. The maximum Gasteiger partial charge on any atom is 0.337 e. The van der Waals surface area contributed by atoms with Gasteiger partial charge in [0.25, 0.3) is 5.69 Å². The smallest absolute Gasteiger partial charge is 0.337 e. The van der Waals surface area contributed by atoms with E-state index < -0.39 is 10.9 Å². The fourth-order valence-corrected chi connectivity index (χ4v) is 1.75. The average Bonchev–Trinajstić information content (AvgIpc) is 2.35. The summed E-state index contributed by atoms with van der Waals surface area (Å²) in [5, 5.41) is 13.9. The van der Waals surface area contributed by atoms with Crippen molar-refractivity contribution in [1.82, 2.24) is 0 Å². The van der Waals surface area contributed by atoms with Crippen LogP contribution in [0.5, 0.6) is 0 Å². The van der Waals surface area contributed by atoms with Gasteiger partial charge in [0.2, 0.25) is 0 Å². The largest absolute Gasteiger partial charge is 0.465 e. The molecule has 0 saturated carbocycles. The molecule has 1 aromatic carbocycles. The Bertz CT molecular complexity index is 499. The van der Waals surface area contributed by atoms with Gasteiger partial charge in [-0.15, -0.1) is 0 Å². The van der Waals surface area contributed by atoms with Crippen LogP contribution in [0.25, 0.3) is 0 Å². The van der Waals surface area contributed by atoms with E-state index in [9.17, 15) is 14.9 Å². The first kappa shape index (κ1) is 13.3. The van der Waals surface area contributed by atoms with Crippen LogP contribution in [-0.4, -0.2) is 37.3 Å². The molecule has 1 saturated heterocycles. The number of rotatable bonds is 5. The molecular formula is C12H14N2O5. The Morgan fingerprint density at radius 3 is 2.89 bits per heavy atom. The van der Waals surface area contributed by atoms with Gasteiger partial charge in [0, 0.05) is 19.2 Å². The van der Waals surface area contributed by atoms with Crippen molar-refractivity contribution in [2.45, 2.75) is 12.5 Å². The number of nitrogens with zero attached hydrogens (tertiary/aromatic N) is 1. The Morgan fingerprint density at radius 1 is 1.63 bits per heavy atom. The van der Waals surface area contributed by atoms with Gasteiger partial charge < -0.3 is 14.8 Å². The van der Waals surface area contributed by atoms with Gasteiger partial charge in [-0.2, -0.15) is 0 Å². The molecule has 1 fully saturated rings. The molecule has 1 atom stereocenters. The van der Waals surface area contributed by atoms with E-state index in [0.29, 0.717) is 12.2 Å². The molecule has 1 aliphatic rings. The number of carbonyl (C=O) groups excluding carboxylic acids is 1. The minimum absolute atomic E-state index is 0.0707. The highest BCUT2D eigenvalue weighted by molar-refractivity contribution is 5.91. The minimum Gasteiger partial charge on any atom is -0.465 e. The summed E-state index contributed by atoms with van der Waals surface area (Å²) < 4.78 is 9.82. The quantitative estimate of drug-likeness (QED) is 0.494. The van der Waals surface area contributed by atoms with Crippen LogP contribution in [-0.2, 0) is 9.47 Å². The third-order valence-corrected chi connectivity index (χ3v) is 2.93. The van der Waals surface area contributed by atoms with Crippen LogP contribution in [0, 0.1) is 10.1 Å². The van der Waals surface area contributed by atoms with E-state index in [4.69, 9.17) is 4.74 Å². The molecular weight excluding hydrogens is 252 g/mol. The highest BCUT2D eigenvalue weighted by Gasteiger charge is 2.21. The van der Waals surface area contributed by atoms with E-state index in [-0.39, 0.29) is 17.4 Å². The standard InChI is InChI=1S/C12H14N2O5/c1-18-12(15)8-2-3-11(14(16)17)10(6-8)13-7-9-4-5-19-9/h2-3,6,9,13H,4-5,7H2,1H3/t9-/m0/s1. The highest BCUT2D eigenvalue weighted by Crippen LogP contribution is 2.26. The maximum atomic E-state index is 11.4. The minimum atomic E-state index is -0.530. The van der Waals surface area contributed by atoms with E-state index in [1.165, 1.54) is 25.3 Å². The predicted octanol–water partition coefficient (Wildman–Crippen LogP) is 1.58. The fraction of sp³-hybridized carbons (Fsp3) is 0.417. The first-order valence-corrected chi connectivity index (χ1v) is 5.84. The summed E-state index contributed by atoms with van der Waals surface area (Å²) in [6.07, 6.45) is 0.999. The molecule has 1 aliphatic heterocycles. The Kier molecular flexibility index (Phi) is 3.96. The molecule has 0 aromatic heterocycles. The third kappa shape index (κ3) is 3.00. The molecule has 1 heterocycles. The van der Waals surface area contributed by atoms with E-state index in [0.717, 1.165) is 13.0 Å². The molecule has 0 unspecified atom stereocenters. The number of hydrogen-bond acceptors (Lipinski definition) is 6. The van der Waals surface area contributed by atoms with Crippen molar-refractivity contribution in [3.8, 4) is 0 Å². The topological polar surface area (TPSA) is 90.7 Å². The van der Waals surface area contributed by atoms with Crippen LogP contribution in [0.2, 0.25) is 0 Å². The molecule has 0 amide bonds. The van der Waals surface area contributed by atoms with Crippen molar-refractivity contribution < 1.29 is 19.2 Å². The Hall–Kier alpha value is -2.15. The lowest BCUT2D eigenvalue weighted by Gasteiger charge is -2.26. The normalized spacial score (nSPS) is 17.4. The summed E-state index contributed by atoms with van der Waals surface area (Å²) in [6.45, 7) is 1.20. The summed E-state index contributed by atoms with van der Waals surface area (Å²) in [4.78, 5) is 21.8. The molecule has 1 aromatic rings. The Balaban J connectivity index is 2.19. The van der Waals surface area contributed by atoms with Crippen LogP contribution in [0.1, 0.15) is 16.8 Å². The third-order valence-electron chi connectivity index (χ3n) is 2.93. The van der Waals surface area contributed by atoms with E-state index in [1.54, 1.807) is 0 Å². The molecule has 0 spiro atoms. The Morgan fingerprint density at radius 2 is 2.37 bits per heavy atom. The second-order valence-electron chi connectivity index (χ2n) is 4.14. The lowest BCUT2D eigenvalue weighted by Crippen LogP contribution is -2.33. The van der Waals surface area contributed by atoms with Crippen LogP contribution in [0.3, 0.4) is 0 Å². The zero-order valence-corrected chi connectivity index (χ0v) is 10.4. The van der Waals surface area contributed by atoms with Crippen molar-refractivity contribution in [3.63, 3.8) is 0 Å². The molecule has 0 bridgehead atoms. The molecule has 2 rings (SSSR count). The lowest BCUT2D eigenvalue weighted by atomic mass is 10.1. The summed E-state index contributed by atoms with van der Waals surface area (Å²) in [5.74, 6) is -0.530. The van der Waals surface area contributed by atoms with Crippen molar-refractivity contribution in [3.05, 3.63) is 33.9 Å². The van der Waals surface area contributed by atoms with Gasteiger partial charge in [-0.3, -0.25) is 10.1 Å². The number of benzene rings is 1. The number of esters is 1. The van der Waals surface area contributed by atoms with Crippen molar-refractivity contribution >= 4 is 17.3 Å². The summed E-state index contributed by atoms with van der Waals surface area (Å²) in [5.41, 5.74) is 0.487. The number of nitro benzene ring substituents is 1. The summed E-state index contributed by atoms with van der Waals surface area (Å²) in [6, 6.07) is 4.08. The molecule has 0 aliphatic carbocycles. The second kappa shape index (κ2) is 5.66. The first-order valence-electron chi connectivity index (χ1n) is 5.84. The molecule has 102 valence electrons. The lowest BCUT2D eigenvalue weighted by molar-refractivity contribution is -0.384. The number of anilines is 1. The van der Waals surface area contributed by atoms with Crippen LogP contribution in [0.4, 0.5) is 11.4 Å². The van der Waals surface area contributed by atoms with Gasteiger partial charge in [-0.1, -0.05) is 0 Å². The zero-order chi connectivity index (χ0) is 13.8. The summed E-state index contributed by atoms with van der Waals surface area (Å²) >= 11 is 0. The van der Waals surface area contributed by atoms with Crippen molar-refractivity contribution in [1.29, 1.82) is 0 Å². The van der Waals surface area contributed by atoms with Gasteiger partial charge in [0.05, 0.1) is 23.7 Å². The van der Waals surface area contributed by atoms with Crippen LogP contribution < -0.4 is 5.32 Å². The molecule has 0 radical (unpaired) electrons. The Labute approximate surface area is 109 Å². The van der Waals surface area contributed by atoms with Crippen LogP contribution in [0.15, 0.2) is 18.2 Å². The van der Waals surface area contributed by atoms with Gasteiger partial charge in [-0.05, 0) is 18.6 Å². The van der Waals surface area contributed by atoms with Crippen LogP contribution >= 0.6 is 0 Å². The highest BCUT2D eigenvalue weighted by atomic mass is 16.6. The van der Waals surface area contributed by atoms with E-state index >= 15 is 0 Å². The van der Waals surface area contributed by atoms with E-state index in [2.05, 4.69) is 10.1 Å². The molecule has 1 N–H and O–H groups in total. The number of hydrogen-bond donors (Lipinski definition) is 1. The first-order chi connectivity index (χ1) is 9.11. The van der Waals surface area contributed by atoms with Crippen molar-refractivity contribution in [2.75, 3.05) is 25.6 Å². The van der Waals surface area contributed by atoms with Gasteiger partial charge in [0.15, 0.2) is 0 Å². The monoisotopic (exact) mass is 266 g/mol. The molecule has 19 heavy (non-hydrogen) atoms. The number of carbonyl (C=O) groups is 1. The molecule has 7 heteroatoms. The van der Waals surface area contributed by atoms with E-state index in [1.807, 2.05) is 0 Å². The zero-order valence-electron chi connectivity index (χ0n) is 10.4. The fourth-order valence-electron chi connectivity index (χ4n) is 1.75. The SMILES string of the molecule is COC(=O)c1ccc([N+](=O)[O-])c(NC[C@@H]2CCO2)c1. The summed E-state index contributed by atoms with van der Waals surface area (Å²) in [7, 11) is 1.26. The maximum absolute atomic E-state index is 11.4. The van der Waals surface area contributed by atoms with Gasteiger partial charge in [0.1, 0.15) is 5.69 Å². The van der Waals surface area contributed by atoms with Gasteiger partial charge in [-0.25, -0.2) is 4.79 Å². The number of nitro groups is 1. The number of ether oxygens (including phenoxy) is 2. The predicted molar refractivity (Wildman–Crippen MR) is 67.3 cm³/mol. The number of nitrogens with one attached hydrogen (secondary N) is 1. The average molecular weight is 266 g/mol. The van der Waals surface area contributed by atoms with Gasteiger partial charge >= 0.3 is 5.97 Å². The number of methoxy groups -OCH3 is 1.